The van der Waals surface area contributed by atoms with Crippen LogP contribution >= 0.6 is 0 Å². The van der Waals surface area contributed by atoms with Gasteiger partial charge in [-0.05, 0) is 49.4 Å². The smallest absolute Gasteiger partial charge is 0.295 e. The van der Waals surface area contributed by atoms with Gasteiger partial charge in [-0.25, -0.2) is 4.68 Å². The van der Waals surface area contributed by atoms with E-state index in [9.17, 15) is 14.4 Å². The number of benzene rings is 3. The molecule has 5 rings (SSSR count). The Bertz CT molecular complexity index is 1590. The fourth-order valence-electron chi connectivity index (χ4n) is 3.92. The number of nitrogens with zero attached hydrogens (tertiary/aromatic N) is 2. The number of carbonyl (C=O) groups is 2. The number of anilines is 2. The van der Waals surface area contributed by atoms with E-state index in [1.807, 2.05) is 48.5 Å². The zero-order valence-electron chi connectivity index (χ0n) is 19.1. The van der Waals surface area contributed by atoms with Crippen LogP contribution in [0.3, 0.4) is 0 Å². The molecule has 174 valence electrons. The van der Waals surface area contributed by atoms with Crippen LogP contribution in [0.15, 0.2) is 94.1 Å². The Morgan fingerprint density at radius 2 is 1.57 bits per heavy atom. The van der Waals surface area contributed by atoms with E-state index in [0.717, 1.165) is 5.39 Å². The first kappa shape index (κ1) is 22.0. The van der Waals surface area contributed by atoms with Crippen LogP contribution in [0.4, 0.5) is 11.4 Å². The van der Waals surface area contributed by atoms with Crippen LogP contribution in [-0.2, 0) is 7.05 Å². The normalized spacial score (nSPS) is 10.9. The number of rotatable bonds is 5. The van der Waals surface area contributed by atoms with Crippen molar-refractivity contribution < 1.29 is 14.0 Å². The molecule has 0 spiro atoms. The summed E-state index contributed by atoms with van der Waals surface area (Å²) in [4.78, 5) is 38.8. The van der Waals surface area contributed by atoms with Gasteiger partial charge in [0.25, 0.3) is 17.4 Å². The van der Waals surface area contributed by atoms with E-state index in [1.165, 1.54) is 4.68 Å². The van der Waals surface area contributed by atoms with Crippen LogP contribution in [0.2, 0.25) is 0 Å². The molecule has 2 heterocycles. The molecule has 0 aliphatic rings. The highest BCUT2D eigenvalue weighted by Gasteiger charge is 2.19. The SMILES string of the molecule is Cc1c(NC(=O)c2cccc(NC(=O)c3cc4ccccc4o3)c2)c(=O)n(-c2ccccc2)n1C. The molecule has 0 radical (unpaired) electrons. The van der Waals surface area contributed by atoms with Crippen molar-refractivity contribution in [3.8, 4) is 5.69 Å². The minimum absolute atomic E-state index is 0.169. The molecule has 0 fully saturated rings. The Balaban J connectivity index is 1.37. The van der Waals surface area contributed by atoms with Crippen LogP contribution in [0.5, 0.6) is 0 Å². The molecule has 0 unspecified atom stereocenters. The number of hydrogen-bond acceptors (Lipinski definition) is 4. The zero-order chi connectivity index (χ0) is 24.5. The summed E-state index contributed by atoms with van der Waals surface area (Å²) < 4.78 is 8.79. The molecule has 8 nitrogen and oxygen atoms in total. The van der Waals surface area contributed by atoms with E-state index in [2.05, 4.69) is 10.6 Å². The molecule has 0 aliphatic carbocycles. The molecule has 2 N–H and O–H groups in total. The highest BCUT2D eigenvalue weighted by atomic mass is 16.3. The molecular formula is C27H22N4O4. The van der Waals surface area contributed by atoms with Crippen molar-refractivity contribution in [3.63, 3.8) is 0 Å². The second-order valence-corrected chi connectivity index (χ2v) is 8.07. The van der Waals surface area contributed by atoms with Crippen molar-refractivity contribution >= 4 is 34.2 Å². The minimum Gasteiger partial charge on any atom is -0.451 e. The van der Waals surface area contributed by atoms with Gasteiger partial charge in [0, 0.05) is 23.7 Å². The first-order chi connectivity index (χ1) is 16.9. The van der Waals surface area contributed by atoms with Gasteiger partial charge in [0.1, 0.15) is 11.3 Å². The van der Waals surface area contributed by atoms with Crippen molar-refractivity contribution in [2.24, 2.45) is 7.05 Å². The fraction of sp³-hybridized carbons (Fsp3) is 0.0741. The summed E-state index contributed by atoms with van der Waals surface area (Å²) in [7, 11) is 1.76. The maximum atomic E-state index is 13.1. The van der Waals surface area contributed by atoms with E-state index in [-0.39, 0.29) is 17.0 Å². The first-order valence-corrected chi connectivity index (χ1v) is 11.0. The fourth-order valence-corrected chi connectivity index (χ4v) is 3.92. The number of amides is 2. The lowest BCUT2D eigenvalue weighted by molar-refractivity contribution is 0.0995. The van der Waals surface area contributed by atoms with Crippen molar-refractivity contribution in [2.75, 3.05) is 10.6 Å². The lowest BCUT2D eigenvalue weighted by Gasteiger charge is -2.07. The molecule has 0 saturated heterocycles. The number of hydrogen-bond donors (Lipinski definition) is 2. The second kappa shape index (κ2) is 8.83. The monoisotopic (exact) mass is 466 g/mol. The van der Waals surface area contributed by atoms with Crippen molar-refractivity contribution in [1.82, 2.24) is 9.36 Å². The summed E-state index contributed by atoms with van der Waals surface area (Å²) in [5.74, 6) is -0.721. The van der Waals surface area contributed by atoms with Gasteiger partial charge < -0.3 is 15.1 Å². The molecule has 0 aliphatic heterocycles. The summed E-state index contributed by atoms with van der Waals surface area (Å²) in [6.45, 7) is 1.76. The van der Waals surface area contributed by atoms with Gasteiger partial charge in [-0.3, -0.25) is 19.1 Å². The first-order valence-electron chi connectivity index (χ1n) is 11.0. The average molecular weight is 466 g/mol. The van der Waals surface area contributed by atoms with E-state index < -0.39 is 11.8 Å². The lowest BCUT2D eigenvalue weighted by atomic mass is 10.1. The molecular weight excluding hydrogens is 444 g/mol. The predicted molar refractivity (Wildman–Crippen MR) is 134 cm³/mol. The third kappa shape index (κ3) is 4.13. The lowest BCUT2D eigenvalue weighted by Crippen LogP contribution is -2.23. The van der Waals surface area contributed by atoms with E-state index in [4.69, 9.17) is 4.42 Å². The van der Waals surface area contributed by atoms with Crippen LogP contribution in [0, 0.1) is 6.92 Å². The Morgan fingerprint density at radius 1 is 0.829 bits per heavy atom. The van der Waals surface area contributed by atoms with Gasteiger partial charge in [0.2, 0.25) is 0 Å². The molecule has 0 bridgehead atoms. The Kier molecular flexibility index (Phi) is 5.54. The highest BCUT2D eigenvalue weighted by molar-refractivity contribution is 6.07. The number of nitrogens with one attached hydrogen (secondary N) is 2. The Labute approximate surface area is 200 Å². The second-order valence-electron chi connectivity index (χ2n) is 8.07. The number of para-hydroxylation sites is 2. The van der Waals surface area contributed by atoms with E-state index in [0.29, 0.717) is 28.2 Å². The summed E-state index contributed by atoms with van der Waals surface area (Å²) in [6.07, 6.45) is 0. The average Bonchev–Trinajstić information content (AvgIpc) is 3.40. The number of aromatic nitrogens is 2. The van der Waals surface area contributed by atoms with Crippen LogP contribution in [0.1, 0.15) is 26.6 Å². The van der Waals surface area contributed by atoms with Gasteiger partial charge in [-0.15, -0.1) is 0 Å². The minimum atomic E-state index is -0.462. The zero-order valence-corrected chi connectivity index (χ0v) is 19.1. The van der Waals surface area contributed by atoms with E-state index in [1.54, 1.807) is 55.1 Å². The Hall–Kier alpha value is -4.85. The molecule has 2 amide bonds. The predicted octanol–water partition coefficient (Wildman–Crippen LogP) is 4.74. The van der Waals surface area contributed by atoms with Gasteiger partial charge >= 0.3 is 0 Å². The van der Waals surface area contributed by atoms with Gasteiger partial charge in [-0.1, -0.05) is 42.5 Å². The molecule has 0 saturated carbocycles. The molecule has 35 heavy (non-hydrogen) atoms. The van der Waals surface area contributed by atoms with Gasteiger partial charge in [-0.2, -0.15) is 0 Å². The molecule has 3 aromatic carbocycles. The maximum Gasteiger partial charge on any atom is 0.295 e. The number of fused-ring (bicyclic) bond motifs is 1. The summed E-state index contributed by atoms with van der Waals surface area (Å²) in [6, 6.07) is 24.7. The Morgan fingerprint density at radius 3 is 2.34 bits per heavy atom. The number of furan rings is 1. The van der Waals surface area contributed by atoms with Crippen LogP contribution in [0.25, 0.3) is 16.7 Å². The van der Waals surface area contributed by atoms with Gasteiger partial charge in [0.05, 0.1) is 11.4 Å². The summed E-state index contributed by atoms with van der Waals surface area (Å²) >= 11 is 0. The molecule has 2 aromatic heterocycles. The molecule has 8 heteroatoms. The van der Waals surface area contributed by atoms with E-state index >= 15 is 0 Å². The van der Waals surface area contributed by atoms with Crippen molar-refractivity contribution in [2.45, 2.75) is 6.92 Å². The highest BCUT2D eigenvalue weighted by Crippen LogP contribution is 2.21. The van der Waals surface area contributed by atoms with Crippen LogP contribution in [-0.4, -0.2) is 21.2 Å². The molecule has 0 atom stereocenters. The third-order valence-electron chi connectivity index (χ3n) is 5.82. The standard InChI is InChI=1S/C27H22N4O4/c1-17-24(27(34)31(30(17)2)21-12-4-3-5-13-21)29-25(32)19-10-8-11-20(15-19)28-26(33)23-16-18-9-6-7-14-22(18)35-23/h3-16H,1-2H3,(H,28,33)(H,29,32). The van der Waals surface area contributed by atoms with Crippen molar-refractivity contribution in [3.05, 3.63) is 112 Å². The topological polar surface area (TPSA) is 98.3 Å². The quantitative estimate of drug-likeness (QED) is 0.391. The number of carbonyl (C=O) groups excluding carboxylic acids is 2. The summed E-state index contributed by atoms with van der Waals surface area (Å²) in [5.41, 5.74) is 2.50. The largest absolute Gasteiger partial charge is 0.451 e. The summed E-state index contributed by atoms with van der Waals surface area (Å²) in [5, 5.41) is 6.31. The molecule has 5 aromatic rings. The van der Waals surface area contributed by atoms with Crippen LogP contribution < -0.4 is 16.2 Å². The van der Waals surface area contributed by atoms with Crippen molar-refractivity contribution in [1.29, 1.82) is 0 Å². The maximum absolute atomic E-state index is 13.1. The van der Waals surface area contributed by atoms with Gasteiger partial charge in [0.15, 0.2) is 5.76 Å². The third-order valence-corrected chi connectivity index (χ3v) is 5.82.